The summed E-state index contributed by atoms with van der Waals surface area (Å²) in [6, 6.07) is 3.69. The average Bonchev–Trinajstić information content (AvgIpc) is 2.43. The Labute approximate surface area is 127 Å². The van der Waals surface area contributed by atoms with Crippen LogP contribution in [-0.2, 0) is 9.47 Å². The lowest BCUT2D eigenvalue weighted by atomic mass is 10.1. The molecule has 0 saturated heterocycles. The second-order valence-electron chi connectivity index (χ2n) is 5.16. The lowest BCUT2D eigenvalue weighted by molar-refractivity contribution is -0.185. The summed E-state index contributed by atoms with van der Waals surface area (Å²) in [7, 11) is 4.75. The standard InChI is InChI=1S/C16H26O5/c1-10(2)20-16(21-11(3)4)12-8-13(17-5)15(19-7)14(9-12)18-6/h8-11,16H,1-7H3. The van der Waals surface area contributed by atoms with Crippen molar-refractivity contribution in [2.24, 2.45) is 0 Å². The first kappa shape index (κ1) is 17.6. The fourth-order valence-electron chi connectivity index (χ4n) is 1.92. The first-order valence-electron chi connectivity index (χ1n) is 7.03. The van der Waals surface area contributed by atoms with E-state index in [1.165, 1.54) is 0 Å². The normalized spacial score (nSPS) is 11.3. The molecule has 1 rings (SSSR count). The van der Waals surface area contributed by atoms with Gasteiger partial charge in [0.15, 0.2) is 17.8 Å². The van der Waals surface area contributed by atoms with Crippen LogP contribution in [0.5, 0.6) is 17.2 Å². The predicted molar refractivity (Wildman–Crippen MR) is 81.3 cm³/mol. The van der Waals surface area contributed by atoms with Gasteiger partial charge >= 0.3 is 0 Å². The van der Waals surface area contributed by atoms with Crippen molar-refractivity contribution in [3.05, 3.63) is 17.7 Å². The summed E-state index contributed by atoms with van der Waals surface area (Å²) >= 11 is 0. The van der Waals surface area contributed by atoms with Crippen molar-refractivity contribution in [2.45, 2.75) is 46.2 Å². The van der Waals surface area contributed by atoms with Gasteiger partial charge in [0.2, 0.25) is 5.75 Å². The number of rotatable bonds is 8. The second-order valence-corrected chi connectivity index (χ2v) is 5.16. The summed E-state index contributed by atoms with van der Waals surface area (Å²) in [5.74, 6) is 1.71. The van der Waals surface area contributed by atoms with E-state index in [2.05, 4.69) is 0 Å². The summed E-state index contributed by atoms with van der Waals surface area (Å²) in [5, 5.41) is 0. The number of ether oxygens (including phenoxy) is 5. The molecule has 0 aliphatic rings. The minimum atomic E-state index is -0.487. The van der Waals surface area contributed by atoms with Crippen LogP contribution in [0.2, 0.25) is 0 Å². The molecule has 0 aromatic heterocycles. The van der Waals surface area contributed by atoms with Crippen LogP contribution in [0.25, 0.3) is 0 Å². The Bertz CT molecular complexity index is 407. The third kappa shape index (κ3) is 4.79. The van der Waals surface area contributed by atoms with Crippen molar-refractivity contribution >= 4 is 0 Å². The van der Waals surface area contributed by atoms with Gasteiger partial charge in [-0.15, -0.1) is 0 Å². The second kappa shape index (κ2) is 8.10. The van der Waals surface area contributed by atoms with Gasteiger partial charge in [0.05, 0.1) is 33.5 Å². The van der Waals surface area contributed by atoms with Gasteiger partial charge in [-0.05, 0) is 39.8 Å². The molecule has 120 valence electrons. The lowest BCUT2D eigenvalue weighted by Gasteiger charge is -2.24. The van der Waals surface area contributed by atoms with Gasteiger partial charge in [-0.3, -0.25) is 0 Å². The maximum absolute atomic E-state index is 5.85. The molecule has 21 heavy (non-hydrogen) atoms. The van der Waals surface area contributed by atoms with Crippen LogP contribution >= 0.6 is 0 Å². The lowest BCUT2D eigenvalue weighted by Crippen LogP contribution is -2.18. The van der Waals surface area contributed by atoms with Crippen LogP contribution < -0.4 is 14.2 Å². The molecular formula is C16H26O5. The predicted octanol–water partition coefficient (Wildman–Crippen LogP) is 3.56. The van der Waals surface area contributed by atoms with Gasteiger partial charge < -0.3 is 23.7 Å². The average molecular weight is 298 g/mol. The van der Waals surface area contributed by atoms with Crippen LogP contribution in [-0.4, -0.2) is 33.5 Å². The van der Waals surface area contributed by atoms with E-state index in [0.717, 1.165) is 5.56 Å². The van der Waals surface area contributed by atoms with Gasteiger partial charge in [-0.1, -0.05) is 0 Å². The molecule has 0 atom stereocenters. The zero-order chi connectivity index (χ0) is 16.0. The minimum Gasteiger partial charge on any atom is -0.493 e. The van der Waals surface area contributed by atoms with E-state index in [-0.39, 0.29) is 12.2 Å². The van der Waals surface area contributed by atoms with Gasteiger partial charge in [0.25, 0.3) is 0 Å². The largest absolute Gasteiger partial charge is 0.493 e. The molecule has 0 bridgehead atoms. The Hall–Kier alpha value is -1.46. The number of benzene rings is 1. The zero-order valence-electron chi connectivity index (χ0n) is 13.9. The molecule has 0 unspecified atom stereocenters. The summed E-state index contributed by atoms with van der Waals surface area (Å²) in [6.45, 7) is 7.87. The van der Waals surface area contributed by atoms with E-state index >= 15 is 0 Å². The maximum Gasteiger partial charge on any atom is 0.203 e. The molecular weight excluding hydrogens is 272 g/mol. The highest BCUT2D eigenvalue weighted by atomic mass is 16.7. The van der Waals surface area contributed by atoms with E-state index < -0.39 is 6.29 Å². The van der Waals surface area contributed by atoms with Crippen LogP contribution in [0.1, 0.15) is 39.5 Å². The van der Waals surface area contributed by atoms with Crippen LogP contribution in [0.3, 0.4) is 0 Å². The summed E-state index contributed by atoms with van der Waals surface area (Å²) in [4.78, 5) is 0. The first-order chi connectivity index (χ1) is 9.92. The van der Waals surface area contributed by atoms with E-state index in [9.17, 15) is 0 Å². The molecule has 0 aliphatic carbocycles. The fourth-order valence-corrected chi connectivity index (χ4v) is 1.92. The summed E-state index contributed by atoms with van der Waals surface area (Å²) < 4.78 is 27.7. The fraction of sp³-hybridized carbons (Fsp3) is 0.625. The Kier molecular flexibility index (Phi) is 6.78. The molecule has 0 spiro atoms. The summed E-state index contributed by atoms with van der Waals surface area (Å²) in [5.41, 5.74) is 0.826. The Morgan fingerprint density at radius 3 is 1.43 bits per heavy atom. The molecule has 0 radical (unpaired) electrons. The topological polar surface area (TPSA) is 46.2 Å². The number of hydrogen-bond donors (Lipinski definition) is 0. The Balaban J connectivity index is 3.23. The van der Waals surface area contributed by atoms with Crippen LogP contribution in [0.15, 0.2) is 12.1 Å². The molecule has 1 aromatic carbocycles. The van der Waals surface area contributed by atoms with E-state index in [4.69, 9.17) is 23.7 Å². The number of hydrogen-bond acceptors (Lipinski definition) is 5. The molecule has 0 amide bonds. The van der Waals surface area contributed by atoms with Crippen molar-refractivity contribution in [2.75, 3.05) is 21.3 Å². The van der Waals surface area contributed by atoms with Crippen LogP contribution in [0, 0.1) is 0 Å². The van der Waals surface area contributed by atoms with Gasteiger partial charge in [-0.25, -0.2) is 0 Å². The van der Waals surface area contributed by atoms with Gasteiger partial charge in [0.1, 0.15) is 0 Å². The van der Waals surface area contributed by atoms with Crippen LogP contribution in [0.4, 0.5) is 0 Å². The molecule has 0 N–H and O–H groups in total. The maximum atomic E-state index is 5.85. The Morgan fingerprint density at radius 2 is 1.14 bits per heavy atom. The van der Waals surface area contributed by atoms with Crippen molar-refractivity contribution in [1.29, 1.82) is 0 Å². The molecule has 0 aliphatic heterocycles. The third-order valence-corrected chi connectivity index (χ3v) is 2.75. The van der Waals surface area contributed by atoms with Crippen molar-refractivity contribution in [1.82, 2.24) is 0 Å². The van der Waals surface area contributed by atoms with Crippen molar-refractivity contribution in [3.8, 4) is 17.2 Å². The van der Waals surface area contributed by atoms with E-state index in [0.29, 0.717) is 17.2 Å². The molecule has 5 nitrogen and oxygen atoms in total. The monoisotopic (exact) mass is 298 g/mol. The first-order valence-corrected chi connectivity index (χ1v) is 7.03. The SMILES string of the molecule is COc1cc(C(OC(C)C)OC(C)C)cc(OC)c1OC. The quantitative estimate of drug-likeness (QED) is 0.687. The Morgan fingerprint density at radius 1 is 0.714 bits per heavy atom. The van der Waals surface area contributed by atoms with Gasteiger partial charge in [-0.2, -0.15) is 0 Å². The third-order valence-electron chi connectivity index (χ3n) is 2.75. The van der Waals surface area contributed by atoms with Gasteiger partial charge in [0, 0.05) is 5.56 Å². The molecule has 0 saturated carbocycles. The minimum absolute atomic E-state index is 0.0350. The molecule has 0 heterocycles. The molecule has 0 fully saturated rings. The highest BCUT2D eigenvalue weighted by Crippen LogP contribution is 2.40. The number of methoxy groups -OCH3 is 3. The van der Waals surface area contributed by atoms with Crippen molar-refractivity contribution in [3.63, 3.8) is 0 Å². The molecule has 1 aromatic rings. The highest BCUT2D eigenvalue weighted by Gasteiger charge is 2.21. The van der Waals surface area contributed by atoms with E-state index in [1.54, 1.807) is 21.3 Å². The highest BCUT2D eigenvalue weighted by molar-refractivity contribution is 5.54. The molecule has 5 heteroatoms. The zero-order valence-corrected chi connectivity index (χ0v) is 13.9. The van der Waals surface area contributed by atoms with E-state index in [1.807, 2.05) is 39.8 Å². The summed E-state index contributed by atoms with van der Waals surface area (Å²) in [6.07, 6.45) is -0.417. The smallest absolute Gasteiger partial charge is 0.203 e. The van der Waals surface area contributed by atoms with Crippen molar-refractivity contribution < 1.29 is 23.7 Å².